The maximum absolute atomic E-state index is 5.99. The zero-order valence-electron chi connectivity index (χ0n) is 12.2. The zero-order valence-corrected chi connectivity index (χ0v) is 12.2. The normalized spacial score (nSPS) is 18.4. The summed E-state index contributed by atoms with van der Waals surface area (Å²) in [6, 6.07) is 6.71. The van der Waals surface area contributed by atoms with E-state index in [-0.39, 0.29) is 0 Å². The molecule has 1 aromatic carbocycles. The maximum Gasteiger partial charge on any atom is 0.126 e. The van der Waals surface area contributed by atoms with Crippen molar-refractivity contribution < 1.29 is 4.74 Å². The summed E-state index contributed by atoms with van der Waals surface area (Å²) < 4.78 is 5.99. The van der Waals surface area contributed by atoms with Crippen LogP contribution in [0.5, 0.6) is 5.75 Å². The molecule has 0 aliphatic heterocycles. The van der Waals surface area contributed by atoms with Crippen LogP contribution >= 0.6 is 0 Å². The lowest BCUT2D eigenvalue weighted by atomic mass is 9.89. The SMILES string of the molecule is CCOc1c([C@@H](C)CC)cccc1[C@H](C)C1CC1. The Hall–Kier alpha value is -0.980. The molecule has 2 rings (SSSR count). The third-order valence-electron chi connectivity index (χ3n) is 4.33. The van der Waals surface area contributed by atoms with Gasteiger partial charge < -0.3 is 4.74 Å². The number of hydrogen-bond acceptors (Lipinski definition) is 1. The highest BCUT2D eigenvalue weighted by atomic mass is 16.5. The predicted octanol–water partition coefficient (Wildman–Crippen LogP) is 5.11. The van der Waals surface area contributed by atoms with E-state index in [4.69, 9.17) is 4.74 Å². The van der Waals surface area contributed by atoms with E-state index in [0.29, 0.717) is 11.8 Å². The lowest BCUT2D eigenvalue weighted by Gasteiger charge is -2.22. The number of hydrogen-bond donors (Lipinski definition) is 0. The molecule has 1 fully saturated rings. The van der Waals surface area contributed by atoms with E-state index in [1.807, 2.05) is 0 Å². The van der Waals surface area contributed by atoms with Crippen LogP contribution in [0.2, 0.25) is 0 Å². The molecule has 0 unspecified atom stereocenters. The van der Waals surface area contributed by atoms with E-state index in [2.05, 4.69) is 45.9 Å². The van der Waals surface area contributed by atoms with Crippen LogP contribution in [-0.4, -0.2) is 6.61 Å². The van der Waals surface area contributed by atoms with Gasteiger partial charge >= 0.3 is 0 Å². The molecule has 18 heavy (non-hydrogen) atoms. The van der Waals surface area contributed by atoms with E-state index < -0.39 is 0 Å². The Balaban J connectivity index is 2.37. The molecule has 1 aliphatic rings. The van der Waals surface area contributed by atoms with Crippen molar-refractivity contribution in [3.63, 3.8) is 0 Å². The summed E-state index contributed by atoms with van der Waals surface area (Å²) in [5.41, 5.74) is 2.82. The number of benzene rings is 1. The van der Waals surface area contributed by atoms with Gasteiger partial charge in [-0.25, -0.2) is 0 Å². The second-order valence-electron chi connectivity index (χ2n) is 5.63. The lowest BCUT2D eigenvalue weighted by Crippen LogP contribution is -2.06. The molecule has 0 N–H and O–H groups in total. The molecule has 0 radical (unpaired) electrons. The first kappa shape index (κ1) is 13.5. The molecule has 0 amide bonds. The molecule has 1 saturated carbocycles. The fourth-order valence-electron chi connectivity index (χ4n) is 2.70. The van der Waals surface area contributed by atoms with Crippen molar-refractivity contribution >= 4 is 0 Å². The maximum atomic E-state index is 5.99. The van der Waals surface area contributed by atoms with Gasteiger partial charge in [-0.3, -0.25) is 0 Å². The Morgan fingerprint density at radius 3 is 2.39 bits per heavy atom. The molecular formula is C17H26O. The minimum atomic E-state index is 0.581. The van der Waals surface area contributed by atoms with Crippen molar-refractivity contribution in [2.45, 2.75) is 58.8 Å². The van der Waals surface area contributed by atoms with Crippen LogP contribution in [0.4, 0.5) is 0 Å². The van der Waals surface area contributed by atoms with Crippen LogP contribution in [-0.2, 0) is 0 Å². The summed E-state index contributed by atoms with van der Waals surface area (Å²) >= 11 is 0. The fraction of sp³-hybridized carbons (Fsp3) is 0.647. The van der Waals surface area contributed by atoms with Crippen molar-refractivity contribution in [2.24, 2.45) is 5.92 Å². The fourth-order valence-corrected chi connectivity index (χ4v) is 2.70. The molecule has 0 spiro atoms. The average Bonchev–Trinajstić information content (AvgIpc) is 3.22. The van der Waals surface area contributed by atoms with Gasteiger partial charge in [-0.1, -0.05) is 39.0 Å². The van der Waals surface area contributed by atoms with Crippen LogP contribution in [0.1, 0.15) is 69.9 Å². The lowest BCUT2D eigenvalue weighted by molar-refractivity contribution is 0.327. The smallest absolute Gasteiger partial charge is 0.126 e. The minimum Gasteiger partial charge on any atom is -0.493 e. The van der Waals surface area contributed by atoms with Crippen molar-refractivity contribution in [1.82, 2.24) is 0 Å². The Morgan fingerprint density at radius 1 is 1.17 bits per heavy atom. The molecule has 1 heteroatoms. The van der Waals surface area contributed by atoms with Gasteiger partial charge in [-0.05, 0) is 55.1 Å². The highest BCUT2D eigenvalue weighted by Gasteiger charge is 2.31. The molecule has 1 nitrogen and oxygen atoms in total. The first-order chi connectivity index (χ1) is 8.69. The molecular weight excluding hydrogens is 220 g/mol. The Bertz CT molecular complexity index is 393. The molecule has 0 saturated heterocycles. The summed E-state index contributed by atoms with van der Waals surface area (Å²) in [5.74, 6) is 3.29. The van der Waals surface area contributed by atoms with Crippen LogP contribution in [0.3, 0.4) is 0 Å². The van der Waals surface area contributed by atoms with Crippen molar-refractivity contribution in [2.75, 3.05) is 6.61 Å². The van der Waals surface area contributed by atoms with Crippen LogP contribution in [0.25, 0.3) is 0 Å². The quantitative estimate of drug-likeness (QED) is 0.677. The first-order valence-corrected chi connectivity index (χ1v) is 7.44. The monoisotopic (exact) mass is 246 g/mol. The second kappa shape index (κ2) is 5.77. The molecule has 0 heterocycles. The molecule has 0 aromatic heterocycles. The van der Waals surface area contributed by atoms with Crippen LogP contribution < -0.4 is 4.74 Å². The van der Waals surface area contributed by atoms with Crippen LogP contribution in [0.15, 0.2) is 18.2 Å². The van der Waals surface area contributed by atoms with Gasteiger partial charge in [0.2, 0.25) is 0 Å². The molecule has 2 atom stereocenters. The average molecular weight is 246 g/mol. The first-order valence-electron chi connectivity index (χ1n) is 7.44. The van der Waals surface area contributed by atoms with Crippen molar-refractivity contribution in [3.8, 4) is 5.75 Å². The summed E-state index contributed by atoms with van der Waals surface area (Å²) in [4.78, 5) is 0. The zero-order chi connectivity index (χ0) is 13.1. The van der Waals surface area contributed by atoms with Gasteiger partial charge in [-0.2, -0.15) is 0 Å². The van der Waals surface area contributed by atoms with E-state index in [9.17, 15) is 0 Å². The summed E-state index contributed by atoms with van der Waals surface area (Å²) in [6.45, 7) is 9.74. The third kappa shape index (κ3) is 2.71. The predicted molar refractivity (Wildman–Crippen MR) is 77.5 cm³/mol. The van der Waals surface area contributed by atoms with Crippen molar-refractivity contribution in [1.29, 1.82) is 0 Å². The van der Waals surface area contributed by atoms with Gasteiger partial charge in [-0.15, -0.1) is 0 Å². The van der Waals surface area contributed by atoms with Crippen molar-refractivity contribution in [3.05, 3.63) is 29.3 Å². The summed E-state index contributed by atoms with van der Waals surface area (Å²) in [6.07, 6.45) is 3.95. The molecule has 0 bridgehead atoms. The molecule has 1 aromatic rings. The van der Waals surface area contributed by atoms with E-state index in [1.165, 1.54) is 36.1 Å². The van der Waals surface area contributed by atoms with E-state index in [1.54, 1.807) is 0 Å². The summed E-state index contributed by atoms with van der Waals surface area (Å²) in [5, 5.41) is 0. The summed E-state index contributed by atoms with van der Waals surface area (Å²) in [7, 11) is 0. The standard InChI is InChI=1S/C17H26O/c1-5-12(3)15-8-7-9-16(17(15)18-6-2)13(4)14-10-11-14/h7-9,12-14H,5-6,10-11H2,1-4H3/t12-,13+/m0/s1. The second-order valence-corrected chi connectivity index (χ2v) is 5.63. The van der Waals surface area contributed by atoms with Crippen LogP contribution in [0, 0.1) is 5.92 Å². The van der Waals surface area contributed by atoms with Gasteiger partial charge in [0, 0.05) is 0 Å². The largest absolute Gasteiger partial charge is 0.493 e. The van der Waals surface area contributed by atoms with Gasteiger partial charge in [0.25, 0.3) is 0 Å². The highest BCUT2D eigenvalue weighted by molar-refractivity contribution is 5.45. The number of rotatable bonds is 6. The topological polar surface area (TPSA) is 9.23 Å². The molecule has 1 aliphatic carbocycles. The van der Waals surface area contributed by atoms with Gasteiger partial charge in [0.05, 0.1) is 6.61 Å². The Labute approximate surface area is 112 Å². The highest BCUT2D eigenvalue weighted by Crippen LogP contribution is 2.46. The minimum absolute atomic E-state index is 0.581. The Kier molecular flexibility index (Phi) is 4.31. The third-order valence-corrected chi connectivity index (χ3v) is 4.33. The van der Waals surface area contributed by atoms with E-state index >= 15 is 0 Å². The number of ether oxygens (including phenoxy) is 1. The number of para-hydroxylation sites is 1. The van der Waals surface area contributed by atoms with E-state index in [0.717, 1.165) is 12.5 Å². The van der Waals surface area contributed by atoms with Gasteiger partial charge in [0.1, 0.15) is 5.75 Å². The Morgan fingerprint density at radius 2 is 1.83 bits per heavy atom. The molecule has 100 valence electrons. The van der Waals surface area contributed by atoms with Gasteiger partial charge in [0.15, 0.2) is 0 Å².